The number of hydrogen-bond donors (Lipinski definition) is 2. The number of nitrogens with one attached hydrogen (secondary N) is 1. The number of hydrogen-bond acceptors (Lipinski definition) is 5. The molecule has 0 aliphatic carbocycles. The van der Waals surface area contributed by atoms with Gasteiger partial charge in [0, 0.05) is 0 Å². The normalized spacial score (nSPS) is 12.0. The third kappa shape index (κ3) is 5.22. The molecule has 1 atom stereocenters. The van der Waals surface area contributed by atoms with Crippen molar-refractivity contribution in [3.05, 3.63) is 52.0 Å². The molecule has 2 N–H and O–H groups in total. The Balaban J connectivity index is 1.94. The molecule has 6 nitrogen and oxygen atoms in total. The summed E-state index contributed by atoms with van der Waals surface area (Å²) in [7, 11) is 1.46. The predicted octanol–water partition coefficient (Wildman–Crippen LogP) is 3.39. The van der Waals surface area contributed by atoms with Crippen molar-refractivity contribution in [1.82, 2.24) is 5.43 Å². The van der Waals surface area contributed by atoms with Gasteiger partial charge in [-0.3, -0.25) is 4.79 Å². The van der Waals surface area contributed by atoms with Crippen molar-refractivity contribution in [2.75, 3.05) is 7.11 Å². The van der Waals surface area contributed by atoms with Gasteiger partial charge in [-0.2, -0.15) is 5.10 Å². The van der Waals surface area contributed by atoms with Crippen LogP contribution in [0.4, 0.5) is 0 Å². The van der Waals surface area contributed by atoms with Gasteiger partial charge in [0.25, 0.3) is 5.91 Å². The Kier molecular flexibility index (Phi) is 6.41. The summed E-state index contributed by atoms with van der Waals surface area (Å²) in [5.41, 5.74) is 4.18. The van der Waals surface area contributed by atoms with E-state index >= 15 is 0 Å². The number of carbonyl (C=O) groups is 1. The largest absolute Gasteiger partial charge is 0.504 e. The van der Waals surface area contributed by atoms with Crippen LogP contribution in [0.2, 0.25) is 0 Å². The molecule has 1 amide bonds. The van der Waals surface area contributed by atoms with Gasteiger partial charge in [-0.1, -0.05) is 6.07 Å². The van der Waals surface area contributed by atoms with Crippen molar-refractivity contribution >= 4 is 28.1 Å². The van der Waals surface area contributed by atoms with Gasteiger partial charge in [-0.05, 0) is 71.2 Å². The monoisotopic (exact) mass is 406 g/mol. The summed E-state index contributed by atoms with van der Waals surface area (Å²) in [6, 6.07) is 10.4. The third-order valence-electron chi connectivity index (χ3n) is 3.35. The highest BCUT2D eigenvalue weighted by molar-refractivity contribution is 9.10. The van der Waals surface area contributed by atoms with Crippen LogP contribution in [0.3, 0.4) is 0 Å². The van der Waals surface area contributed by atoms with Crippen molar-refractivity contribution < 1.29 is 19.4 Å². The van der Waals surface area contributed by atoms with Crippen LogP contribution in [0.1, 0.15) is 18.1 Å². The second-order valence-corrected chi connectivity index (χ2v) is 6.21. The van der Waals surface area contributed by atoms with Gasteiger partial charge in [0.15, 0.2) is 17.6 Å². The fourth-order valence-electron chi connectivity index (χ4n) is 1.98. The number of hydrazone groups is 1. The highest BCUT2D eigenvalue weighted by Crippen LogP contribution is 2.27. The fraction of sp³-hybridized carbons (Fsp3) is 0.222. The Hall–Kier alpha value is -2.54. The first-order chi connectivity index (χ1) is 11.9. The first kappa shape index (κ1) is 18.8. The number of ether oxygens (including phenoxy) is 2. The lowest BCUT2D eigenvalue weighted by atomic mass is 10.2. The summed E-state index contributed by atoms with van der Waals surface area (Å²) >= 11 is 3.41. The minimum absolute atomic E-state index is 0.0365. The van der Waals surface area contributed by atoms with E-state index in [4.69, 9.17) is 9.47 Å². The first-order valence-electron chi connectivity index (χ1n) is 7.53. The van der Waals surface area contributed by atoms with E-state index in [1.165, 1.54) is 19.4 Å². The zero-order valence-corrected chi connectivity index (χ0v) is 15.7. The Bertz CT molecular complexity index is 793. The molecule has 132 valence electrons. The lowest BCUT2D eigenvalue weighted by molar-refractivity contribution is -0.127. The van der Waals surface area contributed by atoms with Gasteiger partial charge in [-0.15, -0.1) is 0 Å². The van der Waals surface area contributed by atoms with E-state index in [0.29, 0.717) is 17.1 Å². The van der Waals surface area contributed by atoms with E-state index in [9.17, 15) is 9.90 Å². The van der Waals surface area contributed by atoms with Crippen molar-refractivity contribution in [2.45, 2.75) is 20.0 Å². The van der Waals surface area contributed by atoms with Crippen LogP contribution in [0.25, 0.3) is 0 Å². The highest BCUT2D eigenvalue weighted by Gasteiger charge is 2.15. The number of nitrogens with zero attached hydrogens (tertiary/aromatic N) is 1. The minimum Gasteiger partial charge on any atom is -0.504 e. The number of phenols is 1. The smallest absolute Gasteiger partial charge is 0.280 e. The minimum atomic E-state index is -0.717. The Morgan fingerprint density at radius 3 is 2.72 bits per heavy atom. The number of aryl methyl sites for hydroxylation is 1. The molecule has 0 unspecified atom stereocenters. The van der Waals surface area contributed by atoms with Crippen molar-refractivity contribution in [1.29, 1.82) is 0 Å². The van der Waals surface area contributed by atoms with Crippen LogP contribution in [-0.2, 0) is 4.79 Å². The molecule has 25 heavy (non-hydrogen) atoms. The lowest BCUT2D eigenvalue weighted by Gasteiger charge is -2.14. The van der Waals surface area contributed by atoms with Crippen LogP contribution in [0.5, 0.6) is 17.2 Å². The second-order valence-electron chi connectivity index (χ2n) is 5.36. The maximum atomic E-state index is 12.1. The van der Waals surface area contributed by atoms with Crippen LogP contribution < -0.4 is 14.9 Å². The van der Waals surface area contributed by atoms with Gasteiger partial charge in [-0.25, -0.2) is 5.43 Å². The molecule has 0 aliphatic rings. The Labute approximate surface area is 154 Å². The van der Waals surface area contributed by atoms with Crippen molar-refractivity contribution in [3.8, 4) is 17.2 Å². The summed E-state index contributed by atoms with van der Waals surface area (Å²) < 4.78 is 11.4. The zero-order valence-electron chi connectivity index (χ0n) is 14.1. The van der Waals surface area contributed by atoms with E-state index in [1.54, 1.807) is 25.1 Å². The number of benzene rings is 2. The number of methoxy groups -OCH3 is 1. The molecule has 7 heteroatoms. The van der Waals surface area contributed by atoms with Crippen molar-refractivity contribution in [2.24, 2.45) is 5.10 Å². The molecular formula is C18H19BrN2O4. The molecule has 2 rings (SSSR count). The Morgan fingerprint density at radius 2 is 2.04 bits per heavy atom. The number of rotatable bonds is 6. The molecule has 0 heterocycles. The molecule has 0 aromatic heterocycles. The third-order valence-corrected chi connectivity index (χ3v) is 3.97. The van der Waals surface area contributed by atoms with E-state index in [1.807, 2.05) is 19.1 Å². The number of carbonyl (C=O) groups excluding carboxylic acids is 1. The van der Waals surface area contributed by atoms with Gasteiger partial charge in [0.1, 0.15) is 5.75 Å². The molecule has 0 saturated carbocycles. The first-order valence-corrected chi connectivity index (χ1v) is 8.32. The highest BCUT2D eigenvalue weighted by atomic mass is 79.9. The van der Waals surface area contributed by atoms with Gasteiger partial charge in [0.05, 0.1) is 17.8 Å². The van der Waals surface area contributed by atoms with Crippen LogP contribution in [0, 0.1) is 6.92 Å². The summed E-state index contributed by atoms with van der Waals surface area (Å²) in [6.45, 7) is 3.61. The maximum Gasteiger partial charge on any atom is 0.280 e. The van der Waals surface area contributed by atoms with Crippen LogP contribution in [-0.4, -0.2) is 30.4 Å². The SMILES string of the molecule is COc1cc(/C=N/NC(=O)[C@@H](C)Oc2ccc(C)cc2Br)ccc1O. The quantitative estimate of drug-likeness (QED) is 0.568. The average Bonchev–Trinajstić information content (AvgIpc) is 2.58. The number of amides is 1. The topological polar surface area (TPSA) is 80.2 Å². The number of halogens is 1. The zero-order chi connectivity index (χ0) is 18.4. The number of phenolic OH excluding ortho intramolecular Hbond substituents is 1. The van der Waals surface area contributed by atoms with Gasteiger partial charge >= 0.3 is 0 Å². The molecular weight excluding hydrogens is 388 g/mol. The summed E-state index contributed by atoms with van der Waals surface area (Å²) in [5, 5.41) is 13.4. The maximum absolute atomic E-state index is 12.1. The summed E-state index contributed by atoms with van der Waals surface area (Å²) in [5.74, 6) is 0.570. The molecule has 2 aromatic carbocycles. The molecule has 0 fully saturated rings. The Morgan fingerprint density at radius 1 is 1.28 bits per heavy atom. The predicted molar refractivity (Wildman–Crippen MR) is 99.4 cm³/mol. The van der Waals surface area contributed by atoms with Gasteiger partial charge in [0.2, 0.25) is 0 Å². The number of aromatic hydroxyl groups is 1. The second kappa shape index (κ2) is 8.53. The molecule has 0 bridgehead atoms. The molecule has 0 aliphatic heterocycles. The molecule has 0 spiro atoms. The summed E-state index contributed by atoms with van der Waals surface area (Å²) in [4.78, 5) is 12.1. The van der Waals surface area contributed by atoms with E-state index in [0.717, 1.165) is 10.0 Å². The van der Waals surface area contributed by atoms with E-state index in [2.05, 4.69) is 26.5 Å². The van der Waals surface area contributed by atoms with Crippen LogP contribution >= 0.6 is 15.9 Å². The average molecular weight is 407 g/mol. The van der Waals surface area contributed by atoms with Gasteiger partial charge < -0.3 is 14.6 Å². The van der Waals surface area contributed by atoms with E-state index < -0.39 is 6.10 Å². The van der Waals surface area contributed by atoms with Crippen LogP contribution in [0.15, 0.2) is 46.0 Å². The van der Waals surface area contributed by atoms with E-state index in [-0.39, 0.29) is 11.7 Å². The van der Waals surface area contributed by atoms with Crippen molar-refractivity contribution in [3.63, 3.8) is 0 Å². The molecule has 0 radical (unpaired) electrons. The fourth-order valence-corrected chi connectivity index (χ4v) is 2.57. The standard InChI is InChI=1S/C18H19BrN2O4/c1-11-4-7-16(14(19)8-11)25-12(2)18(23)21-20-10-13-5-6-15(22)17(9-13)24-3/h4-10,12,22H,1-3H3,(H,21,23)/b20-10+/t12-/m1/s1. The molecule has 2 aromatic rings. The summed E-state index contributed by atoms with van der Waals surface area (Å²) in [6.07, 6.45) is 0.736. The lowest BCUT2D eigenvalue weighted by Crippen LogP contribution is -2.33. The molecule has 0 saturated heterocycles.